The van der Waals surface area contributed by atoms with Gasteiger partial charge in [-0.05, 0) is 55.3 Å². The van der Waals surface area contributed by atoms with Gasteiger partial charge in [-0.2, -0.15) is 0 Å². The molecule has 2 heteroatoms. The van der Waals surface area contributed by atoms with E-state index in [2.05, 4.69) is 29.2 Å². The number of fused-ring (bicyclic) bond motifs is 1. The van der Waals surface area contributed by atoms with Crippen LogP contribution in [-0.2, 0) is 16.6 Å². The molecule has 5 rings (SSSR count). The van der Waals surface area contributed by atoms with Crippen molar-refractivity contribution in [1.29, 1.82) is 0 Å². The van der Waals surface area contributed by atoms with Gasteiger partial charge in [0.25, 0.3) is 0 Å². The number of piperidine rings is 1. The fourth-order valence-corrected chi connectivity index (χ4v) is 5.92. The van der Waals surface area contributed by atoms with Crippen molar-refractivity contribution >= 4 is 0 Å². The second-order valence-corrected chi connectivity index (χ2v) is 8.01. The molecule has 1 aromatic carbocycles. The lowest BCUT2D eigenvalue weighted by Crippen LogP contribution is -2.62. The summed E-state index contributed by atoms with van der Waals surface area (Å²) in [5.41, 5.74) is 3.78. The SMILES string of the molecule is [c]1ccc2c(c1)[C@@]13CCCC[C@H]1[C@@H](C2)N(CC1COC1)CC3. The average molecular weight is 296 g/mol. The first-order valence-electron chi connectivity index (χ1n) is 9.18. The molecule has 117 valence electrons. The number of ether oxygens (including phenoxy) is 1. The van der Waals surface area contributed by atoms with Gasteiger partial charge in [0, 0.05) is 23.9 Å². The number of hydrogen-bond acceptors (Lipinski definition) is 2. The van der Waals surface area contributed by atoms with Crippen LogP contribution in [0.1, 0.15) is 43.2 Å². The Morgan fingerprint density at radius 3 is 3.09 bits per heavy atom. The Hall–Kier alpha value is -0.860. The van der Waals surface area contributed by atoms with Gasteiger partial charge in [0.2, 0.25) is 0 Å². The molecule has 1 saturated carbocycles. The van der Waals surface area contributed by atoms with Crippen LogP contribution in [0.3, 0.4) is 0 Å². The average Bonchev–Trinajstić information content (AvgIpc) is 2.52. The molecule has 1 radical (unpaired) electrons. The van der Waals surface area contributed by atoms with Crippen LogP contribution in [0.2, 0.25) is 0 Å². The smallest absolute Gasteiger partial charge is 0.0528 e. The van der Waals surface area contributed by atoms with Crippen molar-refractivity contribution in [2.75, 3.05) is 26.3 Å². The monoisotopic (exact) mass is 296 g/mol. The highest BCUT2D eigenvalue weighted by molar-refractivity contribution is 5.40. The van der Waals surface area contributed by atoms with E-state index in [1.165, 1.54) is 51.6 Å². The first kappa shape index (κ1) is 13.6. The van der Waals surface area contributed by atoms with E-state index in [0.717, 1.165) is 31.1 Å². The van der Waals surface area contributed by atoms with Crippen LogP contribution in [0.15, 0.2) is 18.2 Å². The highest BCUT2D eigenvalue weighted by Crippen LogP contribution is 2.55. The van der Waals surface area contributed by atoms with E-state index in [-0.39, 0.29) is 0 Å². The second-order valence-electron chi connectivity index (χ2n) is 8.01. The molecule has 2 bridgehead atoms. The Morgan fingerprint density at radius 2 is 2.23 bits per heavy atom. The molecular formula is C20H26NO. The lowest BCUT2D eigenvalue weighted by molar-refractivity contribution is -0.0773. The molecule has 2 aliphatic heterocycles. The van der Waals surface area contributed by atoms with Crippen LogP contribution in [0.4, 0.5) is 0 Å². The van der Waals surface area contributed by atoms with E-state index >= 15 is 0 Å². The minimum atomic E-state index is 0.487. The first-order valence-corrected chi connectivity index (χ1v) is 9.18. The molecule has 1 aromatic rings. The third-order valence-corrected chi connectivity index (χ3v) is 7.00. The van der Waals surface area contributed by atoms with Gasteiger partial charge in [-0.3, -0.25) is 4.90 Å². The molecular weight excluding hydrogens is 270 g/mol. The Kier molecular flexibility index (Phi) is 3.13. The third-order valence-electron chi connectivity index (χ3n) is 7.00. The number of rotatable bonds is 2. The second kappa shape index (κ2) is 5.07. The third kappa shape index (κ3) is 1.86. The molecule has 2 nitrogen and oxygen atoms in total. The summed E-state index contributed by atoms with van der Waals surface area (Å²) in [6.07, 6.45) is 8.36. The Bertz CT molecular complexity index is 567. The molecule has 2 saturated heterocycles. The number of likely N-dealkylation sites (tertiary alicyclic amines) is 1. The van der Waals surface area contributed by atoms with Gasteiger partial charge in [0.15, 0.2) is 0 Å². The van der Waals surface area contributed by atoms with Gasteiger partial charge in [-0.15, -0.1) is 0 Å². The van der Waals surface area contributed by atoms with E-state index in [9.17, 15) is 0 Å². The normalized spacial score (nSPS) is 38.0. The van der Waals surface area contributed by atoms with Crippen LogP contribution in [-0.4, -0.2) is 37.2 Å². The van der Waals surface area contributed by atoms with Crippen LogP contribution < -0.4 is 0 Å². The standard InChI is InChI=1S/C20H26NO/c1-2-6-17-16(5-1)11-19-18-7-3-4-8-20(17,18)9-10-21(19)12-15-13-22-14-15/h1,5-6,15,18-19H,3-4,7-14H2/t18-,19+,20-/m0/s1. The molecule has 2 aliphatic carbocycles. The van der Waals surface area contributed by atoms with Crippen molar-refractivity contribution < 1.29 is 4.74 Å². The minimum absolute atomic E-state index is 0.487. The van der Waals surface area contributed by atoms with Crippen LogP contribution in [0, 0.1) is 17.9 Å². The van der Waals surface area contributed by atoms with Gasteiger partial charge < -0.3 is 4.74 Å². The maximum Gasteiger partial charge on any atom is 0.0528 e. The molecule has 0 unspecified atom stereocenters. The van der Waals surface area contributed by atoms with Crippen molar-refractivity contribution in [3.05, 3.63) is 35.4 Å². The molecule has 0 N–H and O–H groups in total. The van der Waals surface area contributed by atoms with Gasteiger partial charge in [0.05, 0.1) is 13.2 Å². The number of hydrogen-bond donors (Lipinski definition) is 0. The molecule has 0 spiro atoms. The summed E-state index contributed by atoms with van der Waals surface area (Å²) in [7, 11) is 0. The van der Waals surface area contributed by atoms with E-state index in [0.29, 0.717) is 5.41 Å². The predicted octanol–water partition coefficient (Wildman–Crippen LogP) is 3.19. The Balaban J connectivity index is 1.52. The zero-order valence-corrected chi connectivity index (χ0v) is 13.4. The van der Waals surface area contributed by atoms with Crippen molar-refractivity contribution in [2.45, 2.75) is 50.0 Å². The summed E-state index contributed by atoms with van der Waals surface area (Å²) >= 11 is 0. The quantitative estimate of drug-likeness (QED) is 0.831. The topological polar surface area (TPSA) is 12.5 Å². The van der Waals surface area contributed by atoms with Gasteiger partial charge in [0.1, 0.15) is 0 Å². The summed E-state index contributed by atoms with van der Waals surface area (Å²) in [6.45, 7) is 4.55. The summed E-state index contributed by atoms with van der Waals surface area (Å²) in [4.78, 5) is 2.83. The van der Waals surface area contributed by atoms with Crippen molar-refractivity contribution in [3.8, 4) is 0 Å². The predicted molar refractivity (Wildman–Crippen MR) is 86.9 cm³/mol. The lowest BCUT2D eigenvalue weighted by atomic mass is 9.52. The van der Waals surface area contributed by atoms with Gasteiger partial charge >= 0.3 is 0 Å². The Morgan fingerprint density at radius 1 is 1.27 bits per heavy atom. The van der Waals surface area contributed by atoms with Gasteiger partial charge in [-0.25, -0.2) is 0 Å². The zero-order valence-electron chi connectivity index (χ0n) is 13.4. The maximum absolute atomic E-state index is 5.41. The molecule has 0 amide bonds. The molecule has 3 fully saturated rings. The highest BCUT2D eigenvalue weighted by Gasteiger charge is 2.53. The summed E-state index contributed by atoms with van der Waals surface area (Å²) in [5.74, 6) is 1.68. The van der Waals surface area contributed by atoms with E-state index in [4.69, 9.17) is 4.74 Å². The summed E-state index contributed by atoms with van der Waals surface area (Å²) < 4.78 is 5.41. The fourth-order valence-electron chi connectivity index (χ4n) is 5.92. The first-order chi connectivity index (χ1) is 10.9. The van der Waals surface area contributed by atoms with Crippen LogP contribution >= 0.6 is 0 Å². The highest BCUT2D eigenvalue weighted by atomic mass is 16.5. The van der Waals surface area contributed by atoms with Gasteiger partial charge in [-0.1, -0.05) is 31.0 Å². The molecule has 0 aromatic heterocycles. The van der Waals surface area contributed by atoms with Crippen LogP contribution in [0.25, 0.3) is 0 Å². The van der Waals surface area contributed by atoms with Crippen molar-refractivity contribution in [2.24, 2.45) is 11.8 Å². The van der Waals surface area contributed by atoms with E-state index in [1.807, 2.05) is 0 Å². The zero-order chi connectivity index (χ0) is 14.6. The summed E-state index contributed by atoms with van der Waals surface area (Å²) in [6, 6.07) is 11.0. The largest absolute Gasteiger partial charge is 0.381 e. The Labute approximate surface area is 133 Å². The molecule has 2 heterocycles. The molecule has 3 atom stereocenters. The van der Waals surface area contributed by atoms with E-state index in [1.54, 1.807) is 11.1 Å². The fraction of sp³-hybridized carbons (Fsp3) is 0.700. The molecule has 4 aliphatic rings. The number of nitrogens with zero attached hydrogens (tertiary/aromatic N) is 1. The van der Waals surface area contributed by atoms with Crippen LogP contribution in [0.5, 0.6) is 0 Å². The molecule has 22 heavy (non-hydrogen) atoms. The summed E-state index contributed by atoms with van der Waals surface area (Å²) in [5, 5.41) is 0. The number of benzene rings is 1. The van der Waals surface area contributed by atoms with E-state index < -0.39 is 0 Å². The van der Waals surface area contributed by atoms with Crippen molar-refractivity contribution in [1.82, 2.24) is 4.90 Å². The minimum Gasteiger partial charge on any atom is -0.381 e. The maximum atomic E-state index is 5.41. The lowest BCUT2D eigenvalue weighted by Gasteiger charge is -2.59. The van der Waals surface area contributed by atoms with Crippen molar-refractivity contribution in [3.63, 3.8) is 0 Å².